The number of amides is 1. The number of halogens is 3. The van der Waals surface area contributed by atoms with E-state index < -0.39 is 0 Å². The number of hydrogen-bond acceptors (Lipinski definition) is 3. The molecule has 4 nitrogen and oxygen atoms in total. The third-order valence-corrected chi connectivity index (χ3v) is 3.93. The fourth-order valence-electron chi connectivity index (χ4n) is 2.60. The van der Waals surface area contributed by atoms with Gasteiger partial charge in [0.05, 0.1) is 11.4 Å². The first kappa shape index (κ1) is 21.3. The zero-order chi connectivity index (χ0) is 14.7. The van der Waals surface area contributed by atoms with Gasteiger partial charge in [-0.15, -0.1) is 24.8 Å². The first-order valence-electron chi connectivity index (χ1n) is 6.98. The summed E-state index contributed by atoms with van der Waals surface area (Å²) in [7, 11) is 3.90. The molecule has 0 aromatic heterocycles. The van der Waals surface area contributed by atoms with Gasteiger partial charge in [0, 0.05) is 31.1 Å². The Morgan fingerprint density at radius 2 is 2.05 bits per heavy atom. The number of rotatable bonds is 3. The van der Waals surface area contributed by atoms with Gasteiger partial charge >= 0.3 is 0 Å². The summed E-state index contributed by atoms with van der Waals surface area (Å²) >= 11 is 6.03. The van der Waals surface area contributed by atoms with E-state index in [4.69, 9.17) is 11.6 Å². The van der Waals surface area contributed by atoms with Crippen LogP contribution >= 0.6 is 36.4 Å². The van der Waals surface area contributed by atoms with Crippen molar-refractivity contribution in [2.24, 2.45) is 5.92 Å². The Balaban J connectivity index is 0.00000220. The van der Waals surface area contributed by atoms with E-state index in [9.17, 15) is 4.79 Å². The van der Waals surface area contributed by atoms with Crippen LogP contribution in [0.2, 0.25) is 5.02 Å². The summed E-state index contributed by atoms with van der Waals surface area (Å²) in [6.45, 7) is 3.01. The van der Waals surface area contributed by atoms with E-state index in [1.165, 1.54) is 0 Å². The van der Waals surface area contributed by atoms with Crippen LogP contribution in [0.4, 0.5) is 11.4 Å². The van der Waals surface area contributed by atoms with Crippen molar-refractivity contribution in [3.63, 3.8) is 0 Å². The fraction of sp³-hybridized carbons (Fsp3) is 0.533. The molecule has 0 bridgehead atoms. The van der Waals surface area contributed by atoms with Gasteiger partial charge in [-0.3, -0.25) is 4.79 Å². The van der Waals surface area contributed by atoms with Gasteiger partial charge in [-0.1, -0.05) is 11.6 Å². The van der Waals surface area contributed by atoms with Gasteiger partial charge < -0.3 is 15.5 Å². The maximum Gasteiger partial charge on any atom is 0.227 e. The largest absolute Gasteiger partial charge is 0.376 e. The average molecular weight is 369 g/mol. The van der Waals surface area contributed by atoms with Crippen molar-refractivity contribution in [1.82, 2.24) is 5.32 Å². The van der Waals surface area contributed by atoms with Gasteiger partial charge in [-0.05, 0) is 44.5 Å². The second-order valence-corrected chi connectivity index (χ2v) is 6.06. The standard InChI is InChI=1S/C15H22ClN3O.2ClH/c1-10-8-11(6-7-17-10)15(20)18-13-9-12(16)4-5-14(13)19(2)3;;/h4-5,9-11,17H,6-8H2,1-3H3,(H,18,20);2*1H/t10-,11-;;/m0../s1. The molecule has 1 aromatic rings. The molecule has 1 aliphatic rings. The Labute approximate surface area is 149 Å². The highest BCUT2D eigenvalue weighted by Gasteiger charge is 2.25. The van der Waals surface area contributed by atoms with Crippen LogP contribution in [0.5, 0.6) is 0 Å². The monoisotopic (exact) mass is 367 g/mol. The van der Waals surface area contributed by atoms with Crippen LogP contribution < -0.4 is 15.5 Å². The minimum absolute atomic E-state index is 0. The third kappa shape index (κ3) is 5.51. The van der Waals surface area contributed by atoms with Gasteiger partial charge in [-0.2, -0.15) is 0 Å². The molecule has 0 unspecified atom stereocenters. The molecule has 0 saturated carbocycles. The summed E-state index contributed by atoms with van der Waals surface area (Å²) in [5.41, 5.74) is 1.74. The topological polar surface area (TPSA) is 44.4 Å². The van der Waals surface area contributed by atoms with Gasteiger partial charge in [-0.25, -0.2) is 0 Å². The molecule has 2 rings (SSSR count). The van der Waals surface area contributed by atoms with Crippen LogP contribution in [0.15, 0.2) is 18.2 Å². The molecule has 126 valence electrons. The van der Waals surface area contributed by atoms with Crippen LogP contribution in [-0.2, 0) is 4.79 Å². The molecule has 1 heterocycles. The lowest BCUT2D eigenvalue weighted by atomic mass is 9.92. The molecule has 1 fully saturated rings. The molecule has 2 N–H and O–H groups in total. The molecule has 22 heavy (non-hydrogen) atoms. The minimum atomic E-state index is 0. The second-order valence-electron chi connectivity index (χ2n) is 5.62. The Bertz CT molecular complexity index is 497. The molecular formula is C15H24Cl3N3O. The van der Waals surface area contributed by atoms with E-state index in [0.717, 1.165) is 30.8 Å². The first-order chi connectivity index (χ1) is 9.47. The number of carbonyl (C=O) groups is 1. The molecular weight excluding hydrogens is 345 g/mol. The van der Waals surface area contributed by atoms with Crippen molar-refractivity contribution in [3.05, 3.63) is 23.2 Å². The summed E-state index contributed by atoms with van der Waals surface area (Å²) in [4.78, 5) is 14.4. The first-order valence-corrected chi connectivity index (χ1v) is 7.36. The van der Waals surface area contributed by atoms with Crippen molar-refractivity contribution in [2.45, 2.75) is 25.8 Å². The number of hydrogen-bond donors (Lipinski definition) is 2. The quantitative estimate of drug-likeness (QED) is 0.857. The molecule has 1 aromatic carbocycles. The van der Waals surface area contributed by atoms with E-state index >= 15 is 0 Å². The molecule has 1 amide bonds. The van der Waals surface area contributed by atoms with Gasteiger partial charge in [0.2, 0.25) is 5.91 Å². The van der Waals surface area contributed by atoms with Crippen molar-refractivity contribution in [1.29, 1.82) is 0 Å². The van der Waals surface area contributed by atoms with Crippen LogP contribution in [0.25, 0.3) is 0 Å². The number of anilines is 2. The fourth-order valence-corrected chi connectivity index (χ4v) is 2.78. The minimum Gasteiger partial charge on any atom is -0.376 e. The van der Waals surface area contributed by atoms with Gasteiger partial charge in [0.15, 0.2) is 0 Å². The Morgan fingerprint density at radius 3 is 2.64 bits per heavy atom. The highest BCUT2D eigenvalue weighted by molar-refractivity contribution is 6.31. The second kappa shape index (κ2) is 9.46. The normalized spacial score (nSPS) is 20.4. The Hall–Kier alpha value is -0.680. The number of nitrogens with zero attached hydrogens (tertiary/aromatic N) is 1. The Kier molecular flexibility index (Phi) is 9.16. The molecule has 0 radical (unpaired) electrons. The molecule has 0 aliphatic carbocycles. The molecule has 1 saturated heterocycles. The van der Waals surface area contributed by atoms with Crippen LogP contribution in [0, 0.1) is 5.92 Å². The SMILES string of the molecule is C[C@H]1C[C@@H](C(=O)Nc2cc(Cl)ccc2N(C)C)CCN1.Cl.Cl. The molecule has 7 heteroatoms. The van der Waals surface area contributed by atoms with Crippen LogP contribution in [0.3, 0.4) is 0 Å². The summed E-state index contributed by atoms with van der Waals surface area (Å²) < 4.78 is 0. The maximum absolute atomic E-state index is 12.4. The van der Waals surface area contributed by atoms with Crippen LogP contribution in [0.1, 0.15) is 19.8 Å². The third-order valence-electron chi connectivity index (χ3n) is 3.69. The number of carbonyl (C=O) groups excluding carboxylic acids is 1. The van der Waals surface area contributed by atoms with E-state index in [-0.39, 0.29) is 36.6 Å². The summed E-state index contributed by atoms with van der Waals surface area (Å²) in [6.07, 6.45) is 1.76. The average Bonchev–Trinajstić information content (AvgIpc) is 2.38. The maximum atomic E-state index is 12.4. The lowest BCUT2D eigenvalue weighted by Crippen LogP contribution is -2.40. The number of benzene rings is 1. The summed E-state index contributed by atoms with van der Waals surface area (Å²) in [5, 5.41) is 7.02. The molecule has 0 spiro atoms. The highest BCUT2D eigenvalue weighted by atomic mass is 35.5. The van der Waals surface area contributed by atoms with Crippen molar-refractivity contribution in [2.75, 3.05) is 30.9 Å². The predicted molar refractivity (Wildman–Crippen MR) is 99.1 cm³/mol. The van der Waals surface area contributed by atoms with Gasteiger partial charge in [0.1, 0.15) is 0 Å². The lowest BCUT2D eigenvalue weighted by Gasteiger charge is -2.27. The summed E-state index contributed by atoms with van der Waals surface area (Å²) in [6, 6.07) is 5.95. The number of nitrogens with one attached hydrogen (secondary N) is 2. The zero-order valence-corrected chi connectivity index (χ0v) is 15.4. The molecule has 2 atom stereocenters. The molecule has 1 aliphatic heterocycles. The van der Waals surface area contributed by atoms with E-state index in [1.807, 2.05) is 31.1 Å². The van der Waals surface area contributed by atoms with Gasteiger partial charge in [0.25, 0.3) is 0 Å². The highest BCUT2D eigenvalue weighted by Crippen LogP contribution is 2.29. The van der Waals surface area contributed by atoms with Crippen LogP contribution in [-0.4, -0.2) is 32.6 Å². The lowest BCUT2D eigenvalue weighted by molar-refractivity contribution is -0.120. The Morgan fingerprint density at radius 1 is 1.36 bits per heavy atom. The number of piperidine rings is 1. The smallest absolute Gasteiger partial charge is 0.227 e. The van der Waals surface area contributed by atoms with Crippen molar-refractivity contribution < 1.29 is 4.79 Å². The van der Waals surface area contributed by atoms with Crippen molar-refractivity contribution in [3.8, 4) is 0 Å². The van der Waals surface area contributed by atoms with E-state index in [2.05, 4.69) is 17.6 Å². The van der Waals surface area contributed by atoms with E-state index in [1.54, 1.807) is 6.07 Å². The predicted octanol–water partition coefficient (Wildman–Crippen LogP) is 3.58. The van der Waals surface area contributed by atoms with Crippen molar-refractivity contribution >= 4 is 53.7 Å². The zero-order valence-electron chi connectivity index (χ0n) is 13.1. The van der Waals surface area contributed by atoms with E-state index in [0.29, 0.717) is 11.1 Å². The summed E-state index contributed by atoms with van der Waals surface area (Å²) in [5.74, 6) is 0.156.